The van der Waals surface area contributed by atoms with E-state index in [1.807, 2.05) is 6.07 Å². The van der Waals surface area contributed by atoms with E-state index >= 15 is 0 Å². The largest absolute Gasteiger partial charge is 0.478 e. The van der Waals surface area contributed by atoms with Gasteiger partial charge in [0.1, 0.15) is 0 Å². The first-order valence-electron chi connectivity index (χ1n) is 17.6. The molecule has 0 heterocycles. The van der Waals surface area contributed by atoms with E-state index in [0.717, 1.165) is 47.3 Å². The zero-order valence-corrected chi connectivity index (χ0v) is 26.4. The second kappa shape index (κ2) is 10.3. The van der Waals surface area contributed by atoms with Crippen LogP contribution < -0.4 is 0 Å². The van der Waals surface area contributed by atoms with Crippen molar-refractivity contribution in [1.29, 1.82) is 0 Å². The molecule has 0 aliphatic heterocycles. The third-order valence-electron chi connectivity index (χ3n) is 13.4. The summed E-state index contributed by atoms with van der Waals surface area (Å²) in [5.74, 6) is 10.4. The van der Waals surface area contributed by atoms with Crippen molar-refractivity contribution in [3.05, 3.63) is 94.5 Å². The van der Waals surface area contributed by atoms with E-state index in [1.165, 1.54) is 68.9 Å². The number of hydrogen-bond donors (Lipinski definition) is 2. The highest BCUT2D eigenvalue weighted by molar-refractivity contribution is 5.96. The first-order chi connectivity index (χ1) is 22.3. The molecule has 8 saturated carbocycles. The summed E-state index contributed by atoms with van der Waals surface area (Å²) in [5.41, 5.74) is 5.98. The molecule has 0 spiro atoms. The molecule has 3 unspecified atom stereocenters. The smallest absolute Gasteiger partial charge is 0.336 e. The Morgan fingerprint density at radius 3 is 1.80 bits per heavy atom. The van der Waals surface area contributed by atoms with Gasteiger partial charge in [-0.15, -0.1) is 0 Å². The molecule has 3 aromatic rings. The minimum absolute atomic E-state index is 0.0511. The molecule has 234 valence electrons. The summed E-state index contributed by atoms with van der Waals surface area (Å²) in [5, 5.41) is 19.8. The summed E-state index contributed by atoms with van der Waals surface area (Å²) >= 11 is 0. The minimum Gasteiger partial charge on any atom is -0.478 e. The third kappa shape index (κ3) is 4.56. The van der Waals surface area contributed by atoms with Gasteiger partial charge >= 0.3 is 11.9 Å². The number of hydrogen-bond acceptors (Lipinski definition) is 2. The first kappa shape index (κ1) is 28.4. The summed E-state index contributed by atoms with van der Waals surface area (Å²) < 4.78 is 0. The Labute approximate surface area is 271 Å². The molecular weight excluding hydrogens is 568 g/mol. The first-order valence-corrected chi connectivity index (χ1v) is 17.6. The van der Waals surface area contributed by atoms with E-state index in [2.05, 4.69) is 60.4 Å². The number of carboxylic acids is 2. The van der Waals surface area contributed by atoms with Crippen LogP contribution in [0, 0.1) is 52.8 Å². The van der Waals surface area contributed by atoms with Crippen LogP contribution in [0.1, 0.15) is 114 Å². The number of benzene rings is 3. The van der Waals surface area contributed by atoms with Crippen LogP contribution >= 0.6 is 0 Å². The molecular formula is C42H42O4. The van der Waals surface area contributed by atoms with Crippen LogP contribution in [-0.4, -0.2) is 22.2 Å². The average Bonchev–Trinajstić information content (AvgIpc) is 3.03. The molecule has 0 aromatic heterocycles. The van der Waals surface area contributed by atoms with Crippen LogP contribution in [0.2, 0.25) is 0 Å². The van der Waals surface area contributed by atoms with Crippen LogP contribution in [0.15, 0.2) is 66.7 Å². The Hall–Kier alpha value is -3.84. The van der Waals surface area contributed by atoms with Crippen LogP contribution in [0.3, 0.4) is 0 Å². The van der Waals surface area contributed by atoms with Gasteiger partial charge in [-0.2, -0.15) is 0 Å². The quantitative estimate of drug-likeness (QED) is 0.283. The zero-order valence-electron chi connectivity index (χ0n) is 26.4. The molecule has 8 aliphatic carbocycles. The highest BCUT2D eigenvalue weighted by Gasteiger charge is 2.58. The van der Waals surface area contributed by atoms with Gasteiger partial charge in [-0.25, -0.2) is 9.59 Å². The van der Waals surface area contributed by atoms with E-state index < -0.39 is 11.9 Å². The fourth-order valence-electron chi connectivity index (χ4n) is 12.4. The molecule has 8 fully saturated rings. The van der Waals surface area contributed by atoms with Crippen molar-refractivity contribution in [3.8, 4) is 23.0 Å². The van der Waals surface area contributed by atoms with Crippen molar-refractivity contribution in [2.24, 2.45) is 40.9 Å². The van der Waals surface area contributed by atoms with Gasteiger partial charge in [-0.1, -0.05) is 42.2 Å². The van der Waals surface area contributed by atoms with E-state index in [-0.39, 0.29) is 16.7 Å². The van der Waals surface area contributed by atoms with E-state index in [4.69, 9.17) is 0 Å². The predicted octanol–water partition coefficient (Wildman–Crippen LogP) is 9.18. The molecule has 0 radical (unpaired) electrons. The van der Waals surface area contributed by atoms with Gasteiger partial charge < -0.3 is 10.2 Å². The van der Waals surface area contributed by atoms with Crippen LogP contribution in [0.25, 0.3) is 11.1 Å². The lowest BCUT2D eigenvalue weighted by atomic mass is 9.42. The van der Waals surface area contributed by atoms with Crippen molar-refractivity contribution in [1.82, 2.24) is 0 Å². The highest BCUT2D eigenvalue weighted by Crippen LogP contribution is 2.67. The van der Waals surface area contributed by atoms with Gasteiger partial charge in [-0.3, -0.25) is 0 Å². The second-order valence-electron chi connectivity index (χ2n) is 16.3. The predicted molar refractivity (Wildman–Crippen MR) is 178 cm³/mol. The Balaban J connectivity index is 1.06. The Bertz CT molecular complexity index is 1740. The summed E-state index contributed by atoms with van der Waals surface area (Å²) in [4.78, 5) is 24.1. The highest BCUT2D eigenvalue weighted by atomic mass is 16.4. The molecule has 3 aromatic carbocycles. The molecule has 4 nitrogen and oxygen atoms in total. The lowest BCUT2D eigenvalue weighted by molar-refractivity contribution is -0.0280. The summed E-state index contributed by atoms with van der Waals surface area (Å²) in [7, 11) is 0. The number of carboxylic acid groups (broad SMARTS) is 2. The van der Waals surface area contributed by atoms with Gasteiger partial charge in [0.15, 0.2) is 0 Å². The summed E-state index contributed by atoms with van der Waals surface area (Å²) in [6, 6.07) is 22.0. The van der Waals surface area contributed by atoms with Crippen LogP contribution in [-0.2, 0) is 5.41 Å². The average molecular weight is 611 g/mol. The standard InChI is InChI=1S/C42H42O4/c43-39(44)32-5-8-35(9-6-32)42-23-29-16-30(24-42)18-34(17-29)38(42)33-7-10-36(40(45)46)37(19-33)31-3-1-25(2-4-31)11-12-41-20-26-13-27(21-41)15-28(14-26)22-41/h1-10,19,26-30,34,38H,13-18,20-24H2,(H,43,44)(H,45,46). The topological polar surface area (TPSA) is 74.6 Å². The number of carbonyl (C=O) groups is 2. The maximum Gasteiger partial charge on any atom is 0.336 e. The van der Waals surface area contributed by atoms with Crippen molar-refractivity contribution < 1.29 is 19.8 Å². The number of rotatable bonds is 5. The molecule has 2 N–H and O–H groups in total. The fourth-order valence-corrected chi connectivity index (χ4v) is 12.4. The van der Waals surface area contributed by atoms with Crippen molar-refractivity contribution in [3.63, 3.8) is 0 Å². The SMILES string of the molecule is O=C(O)c1ccc(C23CC4CC(CC(C4)C2c2ccc(C(=O)O)c(-c4ccc(C#CC56CC7CC(CC(C7)C5)C6)cc4)c2)C3)cc1. The molecule has 46 heavy (non-hydrogen) atoms. The van der Waals surface area contributed by atoms with Crippen molar-refractivity contribution in [2.45, 2.75) is 82.0 Å². The van der Waals surface area contributed by atoms with E-state index in [0.29, 0.717) is 28.9 Å². The van der Waals surface area contributed by atoms with E-state index in [9.17, 15) is 19.8 Å². The van der Waals surface area contributed by atoms with Gasteiger partial charge in [0.2, 0.25) is 0 Å². The van der Waals surface area contributed by atoms with Gasteiger partial charge in [0.05, 0.1) is 11.1 Å². The van der Waals surface area contributed by atoms with Gasteiger partial charge in [-0.05, 0) is 171 Å². The van der Waals surface area contributed by atoms with E-state index in [1.54, 1.807) is 12.1 Å². The molecule has 11 rings (SSSR count). The Morgan fingerprint density at radius 2 is 1.24 bits per heavy atom. The van der Waals surface area contributed by atoms with Crippen molar-refractivity contribution in [2.75, 3.05) is 0 Å². The van der Waals surface area contributed by atoms with Gasteiger partial charge in [0.25, 0.3) is 0 Å². The third-order valence-corrected chi connectivity index (χ3v) is 13.4. The monoisotopic (exact) mass is 610 g/mol. The van der Waals surface area contributed by atoms with Crippen molar-refractivity contribution >= 4 is 11.9 Å². The molecule has 0 amide bonds. The van der Waals surface area contributed by atoms with Crippen LogP contribution in [0.4, 0.5) is 0 Å². The lowest BCUT2D eigenvalue weighted by Gasteiger charge is -2.62. The molecule has 0 saturated heterocycles. The summed E-state index contributed by atoms with van der Waals surface area (Å²) in [6.07, 6.45) is 14.1. The minimum atomic E-state index is -0.906. The molecule has 4 heteroatoms. The van der Waals surface area contributed by atoms with Crippen LogP contribution in [0.5, 0.6) is 0 Å². The number of aromatic carboxylic acids is 2. The normalized spacial score (nSPS) is 36.3. The maximum atomic E-state index is 12.5. The zero-order chi connectivity index (χ0) is 31.2. The van der Waals surface area contributed by atoms with Gasteiger partial charge in [0, 0.05) is 16.4 Å². The Morgan fingerprint density at radius 1 is 0.652 bits per heavy atom. The Kier molecular flexibility index (Phi) is 6.38. The maximum absolute atomic E-state index is 12.5. The lowest BCUT2D eigenvalue weighted by Crippen LogP contribution is -2.53. The fraction of sp³-hybridized carbons (Fsp3) is 0.476. The second-order valence-corrected chi connectivity index (χ2v) is 16.3. The molecule has 8 aliphatic rings. The molecule has 3 atom stereocenters. The molecule has 8 bridgehead atoms. The summed E-state index contributed by atoms with van der Waals surface area (Å²) in [6.45, 7) is 0.